The molecule has 2 aromatic rings. The molecule has 0 amide bonds. The minimum atomic E-state index is -0.698. The summed E-state index contributed by atoms with van der Waals surface area (Å²) in [6, 6.07) is 16.7. The van der Waals surface area contributed by atoms with Crippen molar-refractivity contribution in [2.45, 2.75) is 18.9 Å². The number of rotatable bonds is 6. The van der Waals surface area contributed by atoms with Crippen LogP contribution in [0.1, 0.15) is 30.0 Å². The molecule has 0 aliphatic carbocycles. The third-order valence-corrected chi connectivity index (χ3v) is 5.32. The number of methoxy groups -OCH3 is 1. The van der Waals surface area contributed by atoms with Crippen molar-refractivity contribution < 1.29 is 14.6 Å². The van der Waals surface area contributed by atoms with Crippen LogP contribution >= 0.6 is 0 Å². The smallest absolute Gasteiger partial charge is 0.307 e. The fraction of sp³-hybridized carbons (Fsp3) is 0.409. The van der Waals surface area contributed by atoms with Gasteiger partial charge in [0.1, 0.15) is 5.75 Å². The number of hydrogen-bond acceptors (Lipinski definition) is 4. The number of carboxylic acid groups (broad SMARTS) is 1. The highest BCUT2D eigenvalue weighted by molar-refractivity contribution is 5.70. The topological polar surface area (TPSA) is 53.0 Å². The number of aliphatic carboxylic acids is 1. The molecule has 1 fully saturated rings. The first-order valence-electron chi connectivity index (χ1n) is 9.37. The van der Waals surface area contributed by atoms with Gasteiger partial charge in [-0.1, -0.05) is 24.3 Å². The molecule has 5 nitrogen and oxygen atoms in total. The molecule has 0 radical (unpaired) electrons. The number of carboxylic acids is 1. The maximum absolute atomic E-state index is 11.5. The number of hydrogen-bond donors (Lipinski definition) is 1. The fourth-order valence-corrected chi connectivity index (χ4v) is 3.80. The van der Waals surface area contributed by atoms with E-state index < -0.39 is 5.97 Å². The standard InChI is InChI=1S/C22H28N2O3/c1-23(2)19-10-6-16(7-11-19)21(17-8-12-20(27-3)13-9-17)24-14-4-5-18(15-24)22(25)26/h6-13,18,21H,4-5,14-15H2,1-3H3,(H,25,26). The van der Waals surface area contributed by atoms with Crippen molar-refractivity contribution in [1.29, 1.82) is 0 Å². The predicted octanol–water partition coefficient (Wildman–Crippen LogP) is 3.65. The zero-order chi connectivity index (χ0) is 19.4. The highest BCUT2D eigenvalue weighted by Crippen LogP contribution is 2.34. The number of carbonyl (C=O) groups is 1. The van der Waals surface area contributed by atoms with Crippen molar-refractivity contribution in [2.24, 2.45) is 5.92 Å². The van der Waals surface area contributed by atoms with Gasteiger partial charge in [-0.05, 0) is 54.8 Å². The van der Waals surface area contributed by atoms with Crippen molar-refractivity contribution in [2.75, 3.05) is 39.2 Å². The van der Waals surface area contributed by atoms with E-state index in [2.05, 4.69) is 46.2 Å². The Morgan fingerprint density at radius 3 is 2.22 bits per heavy atom. The average Bonchev–Trinajstić information content (AvgIpc) is 2.69. The lowest BCUT2D eigenvalue weighted by Gasteiger charge is -2.37. The van der Waals surface area contributed by atoms with Gasteiger partial charge in [-0.25, -0.2) is 0 Å². The molecular weight excluding hydrogens is 340 g/mol. The van der Waals surface area contributed by atoms with E-state index in [0.717, 1.165) is 36.4 Å². The molecule has 0 bridgehead atoms. The Bertz CT molecular complexity index is 756. The van der Waals surface area contributed by atoms with Crippen LogP contribution in [-0.4, -0.2) is 50.3 Å². The maximum Gasteiger partial charge on any atom is 0.307 e. The van der Waals surface area contributed by atoms with E-state index in [1.807, 2.05) is 26.2 Å². The van der Waals surface area contributed by atoms with E-state index in [4.69, 9.17) is 4.74 Å². The molecule has 0 aromatic heterocycles. The lowest BCUT2D eigenvalue weighted by atomic mass is 9.91. The van der Waals surface area contributed by atoms with Crippen LogP contribution in [0, 0.1) is 5.92 Å². The van der Waals surface area contributed by atoms with Gasteiger partial charge in [0.25, 0.3) is 0 Å². The number of ether oxygens (including phenoxy) is 1. The Labute approximate surface area is 161 Å². The summed E-state index contributed by atoms with van der Waals surface area (Å²) >= 11 is 0. The van der Waals surface area contributed by atoms with Crippen LogP contribution in [0.4, 0.5) is 5.69 Å². The Kier molecular flexibility index (Phi) is 6.01. The van der Waals surface area contributed by atoms with E-state index in [9.17, 15) is 9.90 Å². The molecule has 0 spiro atoms. The minimum Gasteiger partial charge on any atom is -0.497 e. The minimum absolute atomic E-state index is 0.0364. The van der Waals surface area contributed by atoms with Gasteiger partial charge in [0.15, 0.2) is 0 Å². The van der Waals surface area contributed by atoms with Gasteiger partial charge >= 0.3 is 5.97 Å². The molecule has 5 heteroatoms. The molecule has 2 aromatic carbocycles. The lowest BCUT2D eigenvalue weighted by Crippen LogP contribution is -2.41. The van der Waals surface area contributed by atoms with Crippen LogP contribution in [-0.2, 0) is 4.79 Å². The zero-order valence-electron chi connectivity index (χ0n) is 16.3. The summed E-state index contributed by atoms with van der Waals surface area (Å²) in [6.07, 6.45) is 1.65. The first-order valence-corrected chi connectivity index (χ1v) is 9.37. The Hall–Kier alpha value is -2.53. The molecule has 144 valence electrons. The van der Waals surface area contributed by atoms with Crippen molar-refractivity contribution in [3.8, 4) is 5.75 Å². The van der Waals surface area contributed by atoms with Crippen LogP contribution in [0.15, 0.2) is 48.5 Å². The van der Waals surface area contributed by atoms with E-state index in [1.54, 1.807) is 7.11 Å². The van der Waals surface area contributed by atoms with Gasteiger partial charge in [-0.15, -0.1) is 0 Å². The number of anilines is 1. The molecule has 1 aliphatic rings. The first kappa shape index (κ1) is 19.2. The Morgan fingerprint density at radius 1 is 1.11 bits per heavy atom. The molecule has 1 aliphatic heterocycles. The van der Waals surface area contributed by atoms with Crippen LogP contribution in [0.2, 0.25) is 0 Å². The summed E-state index contributed by atoms with van der Waals surface area (Å²) in [5, 5.41) is 9.50. The predicted molar refractivity (Wildman–Crippen MR) is 108 cm³/mol. The highest BCUT2D eigenvalue weighted by atomic mass is 16.5. The normalized spacial score (nSPS) is 18.7. The molecule has 2 unspecified atom stereocenters. The second-order valence-corrected chi connectivity index (χ2v) is 7.33. The summed E-state index contributed by atoms with van der Waals surface area (Å²) in [5.41, 5.74) is 3.48. The molecular formula is C22H28N2O3. The number of benzene rings is 2. The van der Waals surface area contributed by atoms with Gasteiger partial charge in [-0.3, -0.25) is 9.69 Å². The summed E-state index contributed by atoms with van der Waals surface area (Å²) in [7, 11) is 5.71. The third-order valence-electron chi connectivity index (χ3n) is 5.32. The van der Waals surface area contributed by atoms with Crippen LogP contribution in [0.5, 0.6) is 5.75 Å². The van der Waals surface area contributed by atoms with E-state index in [0.29, 0.717) is 6.54 Å². The maximum atomic E-state index is 11.5. The third kappa shape index (κ3) is 4.42. The largest absolute Gasteiger partial charge is 0.497 e. The lowest BCUT2D eigenvalue weighted by molar-refractivity contribution is -0.143. The van der Waals surface area contributed by atoms with E-state index in [1.165, 1.54) is 5.56 Å². The Morgan fingerprint density at radius 2 is 1.70 bits per heavy atom. The average molecular weight is 368 g/mol. The number of piperidine rings is 1. The van der Waals surface area contributed by atoms with Gasteiger partial charge in [0.2, 0.25) is 0 Å². The quantitative estimate of drug-likeness (QED) is 0.843. The van der Waals surface area contributed by atoms with Crippen LogP contribution < -0.4 is 9.64 Å². The summed E-state index contributed by atoms with van der Waals surface area (Å²) in [4.78, 5) is 15.9. The summed E-state index contributed by atoms with van der Waals surface area (Å²) in [5.74, 6) is -0.181. The molecule has 27 heavy (non-hydrogen) atoms. The molecule has 1 saturated heterocycles. The molecule has 0 saturated carbocycles. The van der Waals surface area contributed by atoms with Crippen LogP contribution in [0.25, 0.3) is 0 Å². The van der Waals surface area contributed by atoms with Crippen molar-refractivity contribution in [1.82, 2.24) is 4.90 Å². The molecule has 2 atom stereocenters. The summed E-state index contributed by atoms with van der Waals surface area (Å²) in [6.45, 7) is 1.47. The molecule has 3 rings (SSSR count). The van der Waals surface area contributed by atoms with Gasteiger partial charge < -0.3 is 14.7 Å². The monoisotopic (exact) mass is 368 g/mol. The van der Waals surface area contributed by atoms with Crippen molar-refractivity contribution in [3.63, 3.8) is 0 Å². The van der Waals surface area contributed by atoms with Gasteiger partial charge in [0, 0.05) is 26.3 Å². The summed E-state index contributed by atoms with van der Waals surface area (Å²) < 4.78 is 5.29. The van der Waals surface area contributed by atoms with Crippen LogP contribution in [0.3, 0.4) is 0 Å². The molecule has 1 heterocycles. The highest BCUT2D eigenvalue weighted by Gasteiger charge is 2.31. The second kappa shape index (κ2) is 8.44. The van der Waals surface area contributed by atoms with Gasteiger partial charge in [-0.2, -0.15) is 0 Å². The van der Waals surface area contributed by atoms with Crippen molar-refractivity contribution in [3.05, 3.63) is 59.7 Å². The van der Waals surface area contributed by atoms with Gasteiger partial charge in [0.05, 0.1) is 19.1 Å². The molecule has 1 N–H and O–H groups in total. The number of nitrogens with zero attached hydrogens (tertiary/aromatic N) is 2. The number of likely N-dealkylation sites (tertiary alicyclic amines) is 1. The Balaban J connectivity index is 1.96. The van der Waals surface area contributed by atoms with E-state index in [-0.39, 0.29) is 12.0 Å². The SMILES string of the molecule is COc1ccc(C(c2ccc(N(C)C)cc2)N2CCCC(C(=O)O)C2)cc1. The van der Waals surface area contributed by atoms with Crippen molar-refractivity contribution >= 4 is 11.7 Å². The first-order chi connectivity index (χ1) is 13.0. The second-order valence-electron chi connectivity index (χ2n) is 7.33. The zero-order valence-corrected chi connectivity index (χ0v) is 16.3. The fourth-order valence-electron chi connectivity index (χ4n) is 3.80. The van der Waals surface area contributed by atoms with E-state index >= 15 is 0 Å².